The lowest BCUT2D eigenvalue weighted by Crippen LogP contribution is -2.10. The van der Waals surface area contributed by atoms with Crippen LogP contribution in [0.15, 0.2) is 30.5 Å². The number of rotatable bonds is 4. The van der Waals surface area contributed by atoms with Crippen LogP contribution in [-0.4, -0.2) is 27.7 Å². The number of benzene rings is 1. The van der Waals surface area contributed by atoms with Gasteiger partial charge in [0.25, 0.3) is 0 Å². The number of carbonyl (C=O) groups is 1. The maximum Gasteiger partial charge on any atom is 0.354 e. The Morgan fingerprint density at radius 2 is 2.06 bits per heavy atom. The number of carboxylic acids is 1. The van der Waals surface area contributed by atoms with Crippen molar-refractivity contribution >= 4 is 5.97 Å². The molecule has 0 saturated carbocycles. The van der Waals surface area contributed by atoms with E-state index in [-0.39, 0.29) is 5.69 Å². The molecule has 1 aromatic carbocycles. The van der Waals surface area contributed by atoms with E-state index in [4.69, 9.17) is 9.84 Å². The van der Waals surface area contributed by atoms with Crippen molar-refractivity contribution in [3.63, 3.8) is 0 Å². The third-order valence-corrected chi connectivity index (χ3v) is 2.77. The molecule has 94 valence electrons. The number of aromatic nitrogens is 2. The van der Waals surface area contributed by atoms with E-state index in [2.05, 4.69) is 4.98 Å². The van der Waals surface area contributed by atoms with Gasteiger partial charge in [-0.2, -0.15) is 0 Å². The first kappa shape index (κ1) is 12.2. The first-order valence-electron chi connectivity index (χ1n) is 5.50. The Bertz CT molecular complexity index is 558. The van der Waals surface area contributed by atoms with E-state index in [1.165, 1.54) is 6.20 Å². The molecule has 0 spiro atoms. The first-order chi connectivity index (χ1) is 8.61. The lowest BCUT2D eigenvalue weighted by atomic mass is 10.2. The normalized spacial score (nSPS) is 10.3. The van der Waals surface area contributed by atoms with Crippen molar-refractivity contribution in [3.8, 4) is 5.75 Å². The Morgan fingerprint density at radius 3 is 2.61 bits per heavy atom. The fourth-order valence-corrected chi connectivity index (χ4v) is 1.75. The van der Waals surface area contributed by atoms with Crippen molar-refractivity contribution in [2.45, 2.75) is 13.5 Å². The van der Waals surface area contributed by atoms with Gasteiger partial charge in [-0.25, -0.2) is 9.78 Å². The number of imidazole rings is 1. The van der Waals surface area contributed by atoms with E-state index in [1.807, 2.05) is 24.3 Å². The molecule has 0 fully saturated rings. The molecule has 1 aromatic heterocycles. The monoisotopic (exact) mass is 246 g/mol. The summed E-state index contributed by atoms with van der Waals surface area (Å²) in [7, 11) is 1.61. The number of nitrogens with zero attached hydrogens (tertiary/aromatic N) is 2. The number of hydrogen-bond acceptors (Lipinski definition) is 3. The zero-order valence-corrected chi connectivity index (χ0v) is 10.3. The van der Waals surface area contributed by atoms with Gasteiger partial charge in [0.1, 0.15) is 17.3 Å². The van der Waals surface area contributed by atoms with Crippen LogP contribution in [0, 0.1) is 6.92 Å². The SMILES string of the molecule is COc1ccc(Cn2c(C(=O)O)cnc2C)cc1. The Morgan fingerprint density at radius 1 is 1.39 bits per heavy atom. The molecule has 5 heteroatoms. The maximum atomic E-state index is 11.0. The van der Waals surface area contributed by atoms with Crippen LogP contribution in [0.5, 0.6) is 5.75 Å². The maximum absolute atomic E-state index is 11.0. The highest BCUT2D eigenvalue weighted by Gasteiger charge is 2.13. The lowest BCUT2D eigenvalue weighted by Gasteiger charge is -2.08. The van der Waals surface area contributed by atoms with Crippen molar-refractivity contribution in [3.05, 3.63) is 47.5 Å². The molecule has 0 radical (unpaired) electrons. The van der Waals surface area contributed by atoms with E-state index in [0.29, 0.717) is 12.4 Å². The van der Waals surface area contributed by atoms with Crippen molar-refractivity contribution in [2.24, 2.45) is 0 Å². The quantitative estimate of drug-likeness (QED) is 0.895. The summed E-state index contributed by atoms with van der Waals surface area (Å²) in [5, 5.41) is 9.06. The van der Waals surface area contributed by atoms with Gasteiger partial charge in [0, 0.05) is 6.54 Å². The molecule has 0 aliphatic rings. The highest BCUT2D eigenvalue weighted by Crippen LogP contribution is 2.14. The molecular formula is C13H14N2O3. The minimum absolute atomic E-state index is 0.198. The standard InChI is InChI=1S/C13H14N2O3/c1-9-14-7-12(13(16)17)15(9)8-10-3-5-11(18-2)6-4-10/h3-7H,8H2,1-2H3,(H,16,17). The molecule has 1 N–H and O–H groups in total. The van der Waals surface area contributed by atoms with Gasteiger partial charge >= 0.3 is 5.97 Å². The number of aromatic carboxylic acids is 1. The van der Waals surface area contributed by atoms with E-state index < -0.39 is 5.97 Å². The van der Waals surface area contributed by atoms with Crippen molar-refractivity contribution < 1.29 is 14.6 Å². The van der Waals surface area contributed by atoms with Gasteiger partial charge in [-0.1, -0.05) is 12.1 Å². The fraction of sp³-hybridized carbons (Fsp3) is 0.231. The van der Waals surface area contributed by atoms with E-state index in [9.17, 15) is 4.79 Å². The Hall–Kier alpha value is -2.30. The predicted octanol–water partition coefficient (Wildman–Crippen LogP) is 1.95. The molecule has 2 aromatic rings. The van der Waals surface area contributed by atoms with Crippen molar-refractivity contribution in [1.82, 2.24) is 9.55 Å². The molecule has 0 aliphatic carbocycles. The van der Waals surface area contributed by atoms with Crippen LogP contribution in [0.1, 0.15) is 21.9 Å². The zero-order valence-electron chi connectivity index (χ0n) is 10.3. The molecule has 18 heavy (non-hydrogen) atoms. The minimum Gasteiger partial charge on any atom is -0.497 e. The zero-order chi connectivity index (χ0) is 13.1. The summed E-state index contributed by atoms with van der Waals surface area (Å²) < 4.78 is 6.75. The molecule has 0 amide bonds. The van der Waals surface area contributed by atoms with Crippen molar-refractivity contribution in [1.29, 1.82) is 0 Å². The second-order valence-corrected chi connectivity index (χ2v) is 3.93. The van der Waals surface area contributed by atoms with Crippen LogP contribution in [-0.2, 0) is 6.54 Å². The summed E-state index contributed by atoms with van der Waals surface area (Å²) in [5.74, 6) is 0.492. The smallest absolute Gasteiger partial charge is 0.354 e. The first-order valence-corrected chi connectivity index (χ1v) is 5.50. The molecule has 0 saturated heterocycles. The molecule has 0 unspecified atom stereocenters. The van der Waals surface area contributed by atoms with Crippen LogP contribution in [0.25, 0.3) is 0 Å². The number of ether oxygens (including phenoxy) is 1. The second-order valence-electron chi connectivity index (χ2n) is 3.93. The highest BCUT2D eigenvalue weighted by atomic mass is 16.5. The Balaban J connectivity index is 2.27. The Labute approximate surface area is 105 Å². The molecule has 0 atom stereocenters. The van der Waals surface area contributed by atoms with E-state index in [0.717, 1.165) is 11.3 Å². The van der Waals surface area contributed by atoms with Crippen LogP contribution in [0.3, 0.4) is 0 Å². The van der Waals surface area contributed by atoms with Crippen LogP contribution < -0.4 is 4.74 Å². The Kier molecular flexibility index (Phi) is 3.32. The van der Waals surface area contributed by atoms with Gasteiger partial charge in [0.15, 0.2) is 0 Å². The molecule has 0 aliphatic heterocycles. The largest absolute Gasteiger partial charge is 0.497 e. The van der Waals surface area contributed by atoms with Crippen LogP contribution >= 0.6 is 0 Å². The number of aryl methyl sites for hydroxylation is 1. The summed E-state index contributed by atoms with van der Waals surface area (Å²) in [5.41, 5.74) is 1.20. The third-order valence-electron chi connectivity index (χ3n) is 2.77. The summed E-state index contributed by atoms with van der Waals surface area (Å²) in [6.45, 7) is 2.27. The van der Waals surface area contributed by atoms with Gasteiger partial charge in [-0.15, -0.1) is 0 Å². The van der Waals surface area contributed by atoms with Crippen molar-refractivity contribution in [2.75, 3.05) is 7.11 Å². The average molecular weight is 246 g/mol. The van der Waals surface area contributed by atoms with Gasteiger partial charge in [-0.3, -0.25) is 0 Å². The second kappa shape index (κ2) is 4.91. The van der Waals surface area contributed by atoms with Gasteiger partial charge in [-0.05, 0) is 24.6 Å². The highest BCUT2D eigenvalue weighted by molar-refractivity contribution is 5.85. The molecule has 5 nitrogen and oxygen atoms in total. The van der Waals surface area contributed by atoms with E-state index >= 15 is 0 Å². The van der Waals surface area contributed by atoms with Gasteiger partial charge in [0.2, 0.25) is 0 Å². The summed E-state index contributed by atoms with van der Waals surface area (Å²) in [6.07, 6.45) is 1.38. The number of hydrogen-bond donors (Lipinski definition) is 1. The predicted molar refractivity (Wildman–Crippen MR) is 66.0 cm³/mol. The lowest BCUT2D eigenvalue weighted by molar-refractivity contribution is 0.0685. The number of methoxy groups -OCH3 is 1. The van der Waals surface area contributed by atoms with Crippen LogP contribution in [0.2, 0.25) is 0 Å². The van der Waals surface area contributed by atoms with Gasteiger partial charge in [0.05, 0.1) is 13.3 Å². The molecular weight excluding hydrogens is 232 g/mol. The summed E-state index contributed by atoms with van der Waals surface area (Å²) in [4.78, 5) is 15.1. The minimum atomic E-state index is -0.968. The molecule has 2 rings (SSSR count). The summed E-state index contributed by atoms with van der Waals surface area (Å²) in [6, 6.07) is 7.51. The average Bonchev–Trinajstić information content (AvgIpc) is 2.72. The topological polar surface area (TPSA) is 64.3 Å². The third kappa shape index (κ3) is 2.34. The van der Waals surface area contributed by atoms with E-state index in [1.54, 1.807) is 18.6 Å². The fourth-order valence-electron chi connectivity index (χ4n) is 1.75. The molecule has 1 heterocycles. The number of carboxylic acid groups (broad SMARTS) is 1. The summed E-state index contributed by atoms with van der Waals surface area (Å²) >= 11 is 0. The molecule has 0 bridgehead atoms. The van der Waals surface area contributed by atoms with Gasteiger partial charge < -0.3 is 14.4 Å². The van der Waals surface area contributed by atoms with Crippen LogP contribution in [0.4, 0.5) is 0 Å².